The number of carbonyl (C=O) groups is 1. The second-order valence-corrected chi connectivity index (χ2v) is 26.8. The van der Waals surface area contributed by atoms with E-state index >= 15 is 0 Å². The van der Waals surface area contributed by atoms with E-state index in [-0.39, 0.29) is 12.5 Å². The molecule has 0 aromatic rings. The maximum Gasteiger partial charge on any atom is 0.220 e. The van der Waals surface area contributed by atoms with Gasteiger partial charge in [0.25, 0.3) is 0 Å². The van der Waals surface area contributed by atoms with Gasteiger partial charge in [0.05, 0.1) is 25.4 Å². The van der Waals surface area contributed by atoms with Crippen LogP contribution in [0.2, 0.25) is 0 Å². The fourth-order valence-electron chi connectivity index (χ4n) is 12.6. The summed E-state index contributed by atoms with van der Waals surface area (Å²) in [6.45, 7) is 3.85. The average molecular weight is 1200 g/mol. The number of hydrogen-bond acceptors (Lipinski definition) is 8. The summed E-state index contributed by atoms with van der Waals surface area (Å²) in [5.41, 5.74) is 0. The average Bonchev–Trinajstić information content (AvgIpc) is 3.54. The fourth-order valence-corrected chi connectivity index (χ4v) is 12.6. The molecular weight excluding hydrogens is 1050 g/mol. The molecule has 0 saturated carbocycles. The lowest BCUT2D eigenvalue weighted by molar-refractivity contribution is -0.302. The molecule has 1 saturated heterocycles. The third-order valence-corrected chi connectivity index (χ3v) is 18.5. The predicted molar refractivity (Wildman–Crippen MR) is 364 cm³/mol. The Morgan fingerprint density at radius 2 is 0.659 bits per heavy atom. The molecule has 504 valence electrons. The van der Waals surface area contributed by atoms with Crippen LogP contribution < -0.4 is 5.32 Å². The fraction of sp³-hybridized carbons (Fsp3) is 0.934. The molecule has 1 aliphatic rings. The summed E-state index contributed by atoms with van der Waals surface area (Å²) in [6.07, 6.45) is 80.3. The lowest BCUT2D eigenvalue weighted by atomic mass is 9.99. The van der Waals surface area contributed by atoms with Crippen LogP contribution in [0, 0.1) is 0 Å². The molecule has 1 fully saturated rings. The summed E-state index contributed by atoms with van der Waals surface area (Å²) in [4.78, 5) is 13.2. The monoisotopic (exact) mass is 1200 g/mol. The molecule has 85 heavy (non-hydrogen) atoms. The minimum absolute atomic E-state index is 0.167. The third kappa shape index (κ3) is 54.2. The van der Waals surface area contributed by atoms with Crippen LogP contribution in [0.5, 0.6) is 0 Å². The van der Waals surface area contributed by atoms with E-state index in [2.05, 4.69) is 31.3 Å². The second-order valence-electron chi connectivity index (χ2n) is 26.8. The van der Waals surface area contributed by atoms with Gasteiger partial charge in [-0.1, -0.05) is 372 Å². The van der Waals surface area contributed by atoms with Crippen molar-refractivity contribution in [2.24, 2.45) is 0 Å². The Morgan fingerprint density at radius 3 is 0.953 bits per heavy atom. The van der Waals surface area contributed by atoms with Gasteiger partial charge in [-0.3, -0.25) is 4.79 Å². The second kappa shape index (κ2) is 65.6. The summed E-state index contributed by atoms with van der Waals surface area (Å²) in [6, 6.07) is -0.804. The Morgan fingerprint density at radius 1 is 0.388 bits per heavy atom. The lowest BCUT2D eigenvalue weighted by Crippen LogP contribution is -2.60. The topological polar surface area (TPSA) is 149 Å². The molecule has 1 aliphatic heterocycles. The molecule has 1 rings (SSSR count). The van der Waals surface area contributed by atoms with Crippen LogP contribution >= 0.6 is 0 Å². The number of rotatable bonds is 68. The number of allylic oxidation sites excluding steroid dienone is 3. The minimum atomic E-state index is -1.57. The number of hydrogen-bond donors (Lipinski definition) is 6. The van der Waals surface area contributed by atoms with E-state index < -0.39 is 49.5 Å². The Hall–Kier alpha value is -1.33. The van der Waals surface area contributed by atoms with Crippen LogP contribution in [0.15, 0.2) is 24.3 Å². The number of aliphatic hydroxyl groups excluding tert-OH is 5. The minimum Gasteiger partial charge on any atom is -0.394 e. The molecule has 9 heteroatoms. The van der Waals surface area contributed by atoms with Crippen LogP contribution in [0.3, 0.4) is 0 Å². The highest BCUT2D eigenvalue weighted by atomic mass is 16.7. The molecule has 7 atom stereocenters. The smallest absolute Gasteiger partial charge is 0.220 e. The summed E-state index contributed by atoms with van der Waals surface area (Å²) in [5.74, 6) is -0.167. The Balaban J connectivity index is 2.09. The molecule has 9 nitrogen and oxygen atoms in total. The molecule has 0 bridgehead atoms. The quantitative estimate of drug-likeness (QED) is 0.0261. The number of ether oxygens (including phenoxy) is 2. The van der Waals surface area contributed by atoms with Gasteiger partial charge in [-0.15, -0.1) is 0 Å². The van der Waals surface area contributed by atoms with Crippen LogP contribution in [0.1, 0.15) is 399 Å². The largest absolute Gasteiger partial charge is 0.394 e. The molecule has 0 aromatic heterocycles. The van der Waals surface area contributed by atoms with Crippen molar-refractivity contribution >= 4 is 5.91 Å². The predicted octanol–water partition coefficient (Wildman–Crippen LogP) is 21.2. The van der Waals surface area contributed by atoms with Gasteiger partial charge >= 0.3 is 0 Å². The first-order valence-corrected chi connectivity index (χ1v) is 38.1. The molecule has 1 heterocycles. The van der Waals surface area contributed by atoms with E-state index in [1.807, 2.05) is 6.08 Å². The maximum atomic E-state index is 13.2. The number of aliphatic hydroxyl groups is 5. The highest BCUT2D eigenvalue weighted by molar-refractivity contribution is 5.76. The van der Waals surface area contributed by atoms with Crippen molar-refractivity contribution in [1.82, 2.24) is 5.32 Å². The zero-order valence-electron chi connectivity index (χ0n) is 56.7. The summed E-state index contributed by atoms with van der Waals surface area (Å²) >= 11 is 0. The highest BCUT2D eigenvalue weighted by Gasteiger charge is 2.44. The van der Waals surface area contributed by atoms with E-state index in [4.69, 9.17) is 9.47 Å². The molecule has 6 N–H and O–H groups in total. The first-order valence-electron chi connectivity index (χ1n) is 38.1. The van der Waals surface area contributed by atoms with Crippen molar-refractivity contribution in [3.8, 4) is 0 Å². The Labute approximate surface area is 528 Å². The normalized spacial score (nSPS) is 18.1. The van der Waals surface area contributed by atoms with Crippen molar-refractivity contribution in [3.63, 3.8) is 0 Å². The first kappa shape index (κ1) is 81.7. The SMILES string of the molecule is CCCCCCCCCC/C=C\CCCCCCCCCCCCCCCCCCCCCC(=O)NC(COC1OC(CO)C(O)C(O)C1O)C(O)/C=C/CCCCCCCCCCCCCCCCCCCCCCCCCCCCCCC. The highest BCUT2D eigenvalue weighted by Crippen LogP contribution is 2.24. The van der Waals surface area contributed by atoms with E-state index in [1.54, 1.807) is 6.08 Å². The van der Waals surface area contributed by atoms with Crippen LogP contribution in [-0.4, -0.2) is 87.5 Å². The summed E-state index contributed by atoms with van der Waals surface area (Å²) in [5, 5.41) is 54.9. The van der Waals surface area contributed by atoms with E-state index in [9.17, 15) is 30.3 Å². The molecule has 0 spiro atoms. The number of nitrogens with one attached hydrogen (secondary N) is 1. The third-order valence-electron chi connectivity index (χ3n) is 18.5. The molecular formula is C76H147NO8. The van der Waals surface area contributed by atoms with Crippen molar-refractivity contribution < 1.29 is 39.8 Å². The van der Waals surface area contributed by atoms with Crippen LogP contribution in [0.4, 0.5) is 0 Å². The molecule has 0 aromatic carbocycles. The van der Waals surface area contributed by atoms with Gasteiger partial charge in [-0.25, -0.2) is 0 Å². The van der Waals surface area contributed by atoms with E-state index in [0.29, 0.717) is 6.42 Å². The van der Waals surface area contributed by atoms with Crippen LogP contribution in [0.25, 0.3) is 0 Å². The van der Waals surface area contributed by atoms with Gasteiger partial charge in [-0.2, -0.15) is 0 Å². The number of unbranched alkanes of at least 4 members (excludes halogenated alkanes) is 56. The van der Waals surface area contributed by atoms with Gasteiger partial charge in [0.2, 0.25) is 5.91 Å². The van der Waals surface area contributed by atoms with Gasteiger partial charge in [0.15, 0.2) is 6.29 Å². The first-order chi connectivity index (χ1) is 41.8. The maximum absolute atomic E-state index is 13.2. The van der Waals surface area contributed by atoms with Gasteiger partial charge in [-0.05, 0) is 44.9 Å². The zero-order chi connectivity index (χ0) is 61.4. The molecule has 1 amide bonds. The molecule has 0 radical (unpaired) electrons. The van der Waals surface area contributed by atoms with Gasteiger partial charge < -0.3 is 40.3 Å². The Bertz CT molecular complexity index is 1390. The number of carbonyl (C=O) groups excluding carboxylic acids is 1. The van der Waals surface area contributed by atoms with Crippen molar-refractivity contribution in [2.75, 3.05) is 13.2 Å². The zero-order valence-corrected chi connectivity index (χ0v) is 56.7. The van der Waals surface area contributed by atoms with Crippen molar-refractivity contribution in [3.05, 3.63) is 24.3 Å². The van der Waals surface area contributed by atoms with Gasteiger partial charge in [0.1, 0.15) is 24.4 Å². The summed E-state index contributed by atoms with van der Waals surface area (Å²) in [7, 11) is 0. The Kier molecular flexibility index (Phi) is 63.1. The summed E-state index contributed by atoms with van der Waals surface area (Å²) < 4.78 is 11.3. The van der Waals surface area contributed by atoms with Crippen LogP contribution in [-0.2, 0) is 14.3 Å². The van der Waals surface area contributed by atoms with E-state index in [0.717, 1.165) is 38.5 Å². The van der Waals surface area contributed by atoms with Gasteiger partial charge in [0, 0.05) is 6.42 Å². The number of amides is 1. The molecule has 0 aliphatic carbocycles. The van der Waals surface area contributed by atoms with Crippen molar-refractivity contribution in [1.29, 1.82) is 0 Å². The lowest BCUT2D eigenvalue weighted by Gasteiger charge is -2.40. The standard InChI is InChI=1S/C76H147NO8/c1-3-5-7-9-11-13-15-17-19-21-23-25-27-29-31-33-35-37-39-41-43-45-47-49-51-53-55-57-59-61-63-65-70(79)69(68-84-76-75(83)74(82)73(81)71(67-78)85-76)77-72(80)66-64-62-60-58-56-54-52-50-48-46-44-42-40-38-36-34-32-30-28-26-24-22-20-18-16-14-12-10-8-6-4-2/h22,24,63,65,69-71,73-76,78-79,81-83H,3-21,23,25-62,64,66-68H2,1-2H3,(H,77,80)/b24-22-,65-63+. The van der Waals surface area contributed by atoms with E-state index in [1.165, 1.54) is 340 Å². The molecule has 7 unspecified atom stereocenters. The van der Waals surface area contributed by atoms with Crippen molar-refractivity contribution in [2.45, 2.75) is 442 Å².